The number of rotatable bonds is 9. The van der Waals surface area contributed by atoms with Gasteiger partial charge in [-0.2, -0.15) is 0 Å². The van der Waals surface area contributed by atoms with Crippen LogP contribution in [0.4, 0.5) is 15.8 Å². The molecule has 1 aliphatic rings. The fourth-order valence-electron chi connectivity index (χ4n) is 3.77. The SMILES string of the molecule is CS(=O)(=O)N(Cc1nnc(SCC(=O)Nc2ccc3c(c2)OCO3)n1-c1ccccc1)c1ccc(F)cc1. The summed E-state index contributed by atoms with van der Waals surface area (Å²) in [4.78, 5) is 12.7. The van der Waals surface area contributed by atoms with Crippen molar-refractivity contribution in [2.75, 3.05) is 28.4 Å². The van der Waals surface area contributed by atoms with Crippen LogP contribution in [0, 0.1) is 5.82 Å². The largest absolute Gasteiger partial charge is 0.454 e. The Morgan fingerprint density at radius 1 is 1.05 bits per heavy atom. The van der Waals surface area contributed by atoms with Gasteiger partial charge in [0.2, 0.25) is 22.7 Å². The number of nitrogens with zero attached hydrogens (tertiary/aromatic N) is 4. The van der Waals surface area contributed by atoms with Gasteiger partial charge >= 0.3 is 0 Å². The van der Waals surface area contributed by atoms with Gasteiger partial charge in [0.1, 0.15) is 5.82 Å². The highest BCUT2D eigenvalue weighted by atomic mass is 32.2. The van der Waals surface area contributed by atoms with Crippen molar-refractivity contribution in [3.63, 3.8) is 0 Å². The minimum absolute atomic E-state index is 0.0210. The van der Waals surface area contributed by atoms with Crippen molar-refractivity contribution < 1.29 is 27.1 Å². The summed E-state index contributed by atoms with van der Waals surface area (Å²) in [7, 11) is -3.74. The average molecular weight is 556 g/mol. The molecule has 4 aromatic rings. The summed E-state index contributed by atoms with van der Waals surface area (Å²) in [5, 5.41) is 11.7. The third-order valence-electron chi connectivity index (χ3n) is 5.50. The van der Waals surface area contributed by atoms with Gasteiger partial charge in [0.05, 0.1) is 24.2 Å². The Morgan fingerprint density at radius 3 is 2.53 bits per heavy atom. The molecule has 13 heteroatoms. The zero-order valence-corrected chi connectivity index (χ0v) is 21.7. The van der Waals surface area contributed by atoms with Gasteiger partial charge in [0, 0.05) is 17.4 Å². The zero-order valence-electron chi connectivity index (χ0n) is 20.1. The predicted octanol–water partition coefficient (Wildman–Crippen LogP) is 3.83. The van der Waals surface area contributed by atoms with Gasteiger partial charge in [-0.05, 0) is 48.5 Å². The van der Waals surface area contributed by atoms with Crippen LogP contribution in [-0.4, -0.2) is 47.9 Å². The number of carbonyl (C=O) groups is 1. The molecule has 0 bridgehead atoms. The number of ether oxygens (including phenoxy) is 2. The summed E-state index contributed by atoms with van der Waals surface area (Å²) in [6, 6.07) is 19.4. The van der Waals surface area contributed by atoms with Gasteiger partial charge in [-0.15, -0.1) is 10.2 Å². The molecule has 5 rings (SSSR count). The quantitative estimate of drug-likeness (QED) is 0.310. The molecule has 1 aromatic heterocycles. The number of hydrogen-bond donors (Lipinski definition) is 1. The first kappa shape index (κ1) is 25.5. The molecule has 0 atom stereocenters. The van der Waals surface area contributed by atoms with Crippen molar-refractivity contribution >= 4 is 39.1 Å². The van der Waals surface area contributed by atoms with Crippen LogP contribution in [0.25, 0.3) is 5.69 Å². The molecule has 0 fully saturated rings. The standard InChI is InChI=1S/C25H22FN5O5S2/c1-38(33,34)30(19-10-7-17(26)8-11-19)14-23-28-29-25(31(23)20-5-3-2-4-6-20)37-15-24(32)27-18-9-12-21-22(13-18)36-16-35-21/h2-13H,14-16H2,1H3,(H,27,32). The first-order chi connectivity index (χ1) is 18.3. The highest BCUT2D eigenvalue weighted by molar-refractivity contribution is 7.99. The summed E-state index contributed by atoms with van der Waals surface area (Å²) in [6.07, 6.45) is 1.07. The molecule has 0 radical (unpaired) electrons. The normalized spacial score (nSPS) is 12.4. The van der Waals surface area contributed by atoms with Gasteiger partial charge in [-0.25, -0.2) is 12.8 Å². The summed E-state index contributed by atoms with van der Waals surface area (Å²) >= 11 is 1.15. The lowest BCUT2D eigenvalue weighted by Crippen LogP contribution is -2.30. The van der Waals surface area contributed by atoms with Crippen LogP contribution in [0.15, 0.2) is 78.0 Å². The predicted molar refractivity (Wildman–Crippen MR) is 141 cm³/mol. The number of aromatic nitrogens is 3. The Labute approximate surface area is 222 Å². The molecule has 1 aliphatic heterocycles. The number of amides is 1. The van der Waals surface area contributed by atoms with E-state index in [-0.39, 0.29) is 30.7 Å². The van der Waals surface area contributed by atoms with Crippen LogP contribution in [0.3, 0.4) is 0 Å². The number of fused-ring (bicyclic) bond motifs is 1. The molecule has 0 saturated carbocycles. The Kier molecular flexibility index (Phi) is 7.20. The number of sulfonamides is 1. The Hall–Kier alpha value is -4.10. The molecule has 0 aliphatic carbocycles. The van der Waals surface area contributed by atoms with Crippen LogP contribution < -0.4 is 19.1 Å². The molecule has 10 nitrogen and oxygen atoms in total. The van der Waals surface area contributed by atoms with Crippen LogP contribution in [-0.2, 0) is 21.4 Å². The molecule has 1 N–H and O–H groups in total. The molecular weight excluding hydrogens is 533 g/mol. The van der Waals surface area contributed by atoms with E-state index in [9.17, 15) is 17.6 Å². The third-order valence-corrected chi connectivity index (χ3v) is 7.57. The Bertz CT molecular complexity index is 1560. The number of carbonyl (C=O) groups excluding carboxylic acids is 1. The topological polar surface area (TPSA) is 116 Å². The van der Waals surface area contributed by atoms with Crippen molar-refractivity contribution in [3.8, 4) is 17.2 Å². The van der Waals surface area contributed by atoms with E-state index in [2.05, 4.69) is 15.5 Å². The number of thioether (sulfide) groups is 1. The average Bonchev–Trinajstić information content (AvgIpc) is 3.53. The molecule has 0 spiro atoms. The van der Waals surface area contributed by atoms with Crippen LogP contribution in [0.5, 0.6) is 11.5 Å². The smallest absolute Gasteiger partial charge is 0.234 e. The lowest BCUT2D eigenvalue weighted by atomic mass is 10.3. The summed E-state index contributed by atoms with van der Waals surface area (Å²) in [5.41, 5.74) is 1.54. The van der Waals surface area contributed by atoms with Gasteiger partial charge in [-0.3, -0.25) is 13.7 Å². The van der Waals surface area contributed by atoms with Crippen molar-refractivity contribution in [2.45, 2.75) is 11.7 Å². The van der Waals surface area contributed by atoms with E-state index in [1.54, 1.807) is 22.8 Å². The second kappa shape index (κ2) is 10.7. The summed E-state index contributed by atoms with van der Waals surface area (Å²) < 4.78 is 52.2. The van der Waals surface area contributed by atoms with Crippen LogP contribution in [0.1, 0.15) is 5.82 Å². The first-order valence-corrected chi connectivity index (χ1v) is 14.2. The molecule has 196 valence electrons. The van der Waals surface area contributed by atoms with Crippen molar-refractivity contribution in [1.82, 2.24) is 14.8 Å². The van der Waals surface area contributed by atoms with Crippen molar-refractivity contribution in [1.29, 1.82) is 0 Å². The highest BCUT2D eigenvalue weighted by Gasteiger charge is 2.24. The maximum Gasteiger partial charge on any atom is 0.234 e. The van der Waals surface area contributed by atoms with E-state index in [4.69, 9.17) is 9.47 Å². The van der Waals surface area contributed by atoms with Gasteiger partial charge in [0.25, 0.3) is 0 Å². The van der Waals surface area contributed by atoms with Gasteiger partial charge in [0.15, 0.2) is 22.5 Å². The maximum atomic E-state index is 13.5. The van der Waals surface area contributed by atoms with E-state index in [1.165, 1.54) is 24.3 Å². The molecule has 2 heterocycles. The Morgan fingerprint density at radius 2 is 1.79 bits per heavy atom. The zero-order chi connectivity index (χ0) is 26.7. The first-order valence-electron chi connectivity index (χ1n) is 11.3. The molecule has 3 aromatic carbocycles. The van der Waals surface area contributed by atoms with Crippen LogP contribution >= 0.6 is 11.8 Å². The molecule has 0 saturated heterocycles. The van der Waals surface area contributed by atoms with E-state index in [0.717, 1.165) is 22.3 Å². The van der Waals surface area contributed by atoms with E-state index < -0.39 is 15.8 Å². The molecule has 38 heavy (non-hydrogen) atoms. The fourth-order valence-corrected chi connectivity index (χ4v) is 5.40. The monoisotopic (exact) mass is 555 g/mol. The second-order valence-electron chi connectivity index (χ2n) is 8.22. The minimum atomic E-state index is -3.74. The highest BCUT2D eigenvalue weighted by Crippen LogP contribution is 2.34. The summed E-state index contributed by atoms with van der Waals surface area (Å²) in [5.74, 6) is 0.761. The van der Waals surface area contributed by atoms with Crippen LogP contribution in [0.2, 0.25) is 0 Å². The fraction of sp³-hybridized carbons (Fsp3) is 0.160. The van der Waals surface area contributed by atoms with Crippen molar-refractivity contribution in [2.24, 2.45) is 0 Å². The summed E-state index contributed by atoms with van der Waals surface area (Å²) in [6.45, 7) is -0.0195. The Balaban J connectivity index is 1.38. The number of para-hydroxylation sites is 1. The third kappa shape index (κ3) is 5.73. The van der Waals surface area contributed by atoms with E-state index in [0.29, 0.717) is 33.9 Å². The number of hydrogen-bond acceptors (Lipinski definition) is 8. The lowest BCUT2D eigenvalue weighted by Gasteiger charge is -2.22. The second-order valence-corrected chi connectivity index (χ2v) is 11.1. The minimum Gasteiger partial charge on any atom is -0.454 e. The number of halogens is 1. The number of benzene rings is 3. The van der Waals surface area contributed by atoms with Gasteiger partial charge < -0.3 is 14.8 Å². The molecule has 0 unspecified atom stereocenters. The number of nitrogens with one attached hydrogen (secondary N) is 1. The van der Waals surface area contributed by atoms with E-state index >= 15 is 0 Å². The molecule has 1 amide bonds. The van der Waals surface area contributed by atoms with E-state index in [1.807, 2.05) is 30.3 Å². The van der Waals surface area contributed by atoms with Crippen molar-refractivity contribution in [3.05, 3.63) is 84.4 Å². The molecular formula is C25H22FN5O5S2. The maximum absolute atomic E-state index is 13.5. The number of anilines is 2. The lowest BCUT2D eigenvalue weighted by molar-refractivity contribution is -0.113. The van der Waals surface area contributed by atoms with Gasteiger partial charge in [-0.1, -0.05) is 30.0 Å².